The molecule has 32 heavy (non-hydrogen) atoms. The maximum Gasteiger partial charge on any atom is 0.494 e. The topological polar surface area (TPSA) is 66.0 Å². The Bertz CT molecular complexity index is 816. The normalized spacial score (nSPS) is 23.5. The fourth-order valence-electron chi connectivity index (χ4n) is 3.37. The summed E-state index contributed by atoms with van der Waals surface area (Å²) in [5.74, 6) is -1.16. The maximum absolute atomic E-state index is 12.7. The lowest BCUT2D eigenvalue weighted by atomic mass is 9.71. The number of amides is 1. The Kier molecular flexibility index (Phi) is 6.08. The second-order valence-electron chi connectivity index (χ2n) is 10.4. The molecule has 2 aliphatic rings. The number of alkyl halides is 3. The molecule has 0 atom stereocenters. The molecule has 176 valence electrons. The second-order valence-corrected chi connectivity index (χ2v) is 10.4. The predicted molar refractivity (Wildman–Crippen MR) is 117 cm³/mol. The Morgan fingerprint density at radius 2 is 1.12 bits per heavy atom. The molecule has 2 aliphatic heterocycles. The van der Waals surface area contributed by atoms with Gasteiger partial charge in [0.25, 0.3) is 0 Å². The Morgan fingerprint density at radius 1 is 0.781 bits per heavy atom. The monoisotopic (exact) mass is 455 g/mol. The minimum atomic E-state index is -4.61. The Balaban J connectivity index is 1.97. The highest BCUT2D eigenvalue weighted by Crippen LogP contribution is 2.38. The van der Waals surface area contributed by atoms with Crippen LogP contribution in [0.1, 0.15) is 61.8 Å². The number of nitrogens with one attached hydrogen (secondary N) is 1. The molecule has 0 saturated carbocycles. The van der Waals surface area contributed by atoms with Gasteiger partial charge in [-0.05, 0) is 78.4 Å². The molecule has 1 N–H and O–H groups in total. The summed E-state index contributed by atoms with van der Waals surface area (Å²) in [7, 11) is -1.55. The number of anilines is 1. The van der Waals surface area contributed by atoms with Crippen LogP contribution in [-0.4, -0.2) is 48.7 Å². The van der Waals surface area contributed by atoms with Crippen LogP contribution in [0.5, 0.6) is 0 Å². The number of hydrogen-bond acceptors (Lipinski definition) is 5. The first-order valence-corrected chi connectivity index (χ1v) is 10.5. The van der Waals surface area contributed by atoms with Crippen LogP contribution in [0.3, 0.4) is 0 Å². The van der Waals surface area contributed by atoms with Crippen molar-refractivity contribution in [2.24, 2.45) is 0 Å². The summed E-state index contributed by atoms with van der Waals surface area (Å²) in [6.45, 7) is 15.2. The van der Waals surface area contributed by atoms with E-state index in [0.717, 1.165) is 0 Å². The fraction of sp³-hybridized carbons (Fsp3) is 0.667. The number of halogens is 3. The van der Waals surface area contributed by atoms with E-state index in [1.807, 2.05) is 55.4 Å². The van der Waals surface area contributed by atoms with Crippen LogP contribution >= 0.6 is 0 Å². The van der Waals surface area contributed by atoms with Gasteiger partial charge < -0.3 is 23.9 Å². The van der Waals surface area contributed by atoms with Crippen molar-refractivity contribution in [2.75, 3.05) is 5.32 Å². The van der Waals surface area contributed by atoms with Gasteiger partial charge in [0.2, 0.25) is 5.91 Å². The van der Waals surface area contributed by atoms with Crippen LogP contribution < -0.4 is 16.2 Å². The summed E-state index contributed by atoms with van der Waals surface area (Å²) < 4.78 is 62.4. The van der Waals surface area contributed by atoms with E-state index in [-0.39, 0.29) is 5.69 Å². The number of rotatable bonds is 4. The van der Waals surface area contributed by atoms with Gasteiger partial charge in [-0.15, -0.1) is 0 Å². The van der Waals surface area contributed by atoms with Gasteiger partial charge in [-0.2, -0.15) is 13.2 Å². The van der Waals surface area contributed by atoms with Crippen LogP contribution in [0.2, 0.25) is 0 Å². The van der Waals surface area contributed by atoms with Gasteiger partial charge in [0.05, 0.1) is 22.4 Å². The molecule has 1 aromatic carbocycles. The van der Waals surface area contributed by atoms with E-state index in [1.165, 1.54) is 0 Å². The predicted octanol–water partition coefficient (Wildman–Crippen LogP) is 3.18. The summed E-state index contributed by atoms with van der Waals surface area (Å²) in [5, 5.41) is 2.33. The molecule has 1 amide bonds. The van der Waals surface area contributed by atoms with Crippen molar-refractivity contribution >= 4 is 36.8 Å². The van der Waals surface area contributed by atoms with Crippen molar-refractivity contribution in [1.82, 2.24) is 0 Å². The van der Waals surface area contributed by atoms with Crippen molar-refractivity contribution in [3.8, 4) is 0 Å². The minimum absolute atomic E-state index is 0.177. The molecule has 2 saturated heterocycles. The van der Waals surface area contributed by atoms with Gasteiger partial charge in [-0.1, -0.05) is 6.07 Å². The molecule has 1 aromatic rings. The number of carbonyl (C=O) groups is 1. The molecule has 2 fully saturated rings. The van der Waals surface area contributed by atoms with Crippen molar-refractivity contribution in [1.29, 1.82) is 0 Å². The SMILES string of the molecule is CC1(C)OB(c2cc(NC(=O)CC(F)(F)F)cc(B3OC(C)(C)C(C)(C)O3)c2)OC1(C)C. The third-order valence-corrected chi connectivity index (χ3v) is 6.67. The average Bonchev–Trinajstić information content (AvgIpc) is 2.92. The van der Waals surface area contributed by atoms with E-state index in [0.29, 0.717) is 10.9 Å². The first-order chi connectivity index (χ1) is 14.3. The van der Waals surface area contributed by atoms with Gasteiger partial charge in [-0.25, -0.2) is 0 Å². The largest absolute Gasteiger partial charge is 0.494 e. The molecule has 2 heterocycles. The molecule has 0 spiro atoms. The van der Waals surface area contributed by atoms with Crippen LogP contribution in [0.25, 0.3) is 0 Å². The van der Waals surface area contributed by atoms with Gasteiger partial charge in [0, 0.05) is 5.69 Å². The molecule has 3 rings (SSSR count). The summed E-state index contributed by atoms with van der Waals surface area (Å²) in [4.78, 5) is 11.9. The number of benzene rings is 1. The standard InChI is InChI=1S/C21H30B2F3NO5/c1-17(2)18(3,4)30-22(29-17)13-9-14(23-31-19(5,6)20(7,8)32-23)11-15(10-13)27-16(28)12-21(24,25)26/h9-11H,12H2,1-8H3,(H,27,28). The minimum Gasteiger partial charge on any atom is -0.399 e. The Labute approximate surface area is 187 Å². The molecule has 0 aliphatic carbocycles. The summed E-state index contributed by atoms with van der Waals surface area (Å²) in [6.07, 6.45) is -6.19. The van der Waals surface area contributed by atoms with Crippen LogP contribution in [0.4, 0.5) is 18.9 Å². The molecule has 6 nitrogen and oxygen atoms in total. The molecular formula is C21H30B2F3NO5. The van der Waals surface area contributed by atoms with Crippen LogP contribution in [0, 0.1) is 0 Å². The second kappa shape index (κ2) is 7.75. The van der Waals surface area contributed by atoms with E-state index < -0.39 is 55.1 Å². The first-order valence-electron chi connectivity index (χ1n) is 10.5. The lowest BCUT2D eigenvalue weighted by molar-refractivity contribution is -0.150. The number of carbonyl (C=O) groups excluding carboxylic acids is 1. The highest BCUT2D eigenvalue weighted by molar-refractivity contribution is 6.66. The molecule has 0 radical (unpaired) electrons. The zero-order valence-corrected chi connectivity index (χ0v) is 19.8. The van der Waals surface area contributed by atoms with E-state index in [2.05, 4.69) is 5.32 Å². The van der Waals surface area contributed by atoms with Crippen molar-refractivity contribution < 1.29 is 36.6 Å². The Hall–Kier alpha value is -1.55. The van der Waals surface area contributed by atoms with Crippen molar-refractivity contribution in [3.05, 3.63) is 18.2 Å². The smallest absolute Gasteiger partial charge is 0.399 e. The lowest BCUT2D eigenvalue weighted by Gasteiger charge is -2.32. The van der Waals surface area contributed by atoms with Gasteiger partial charge >= 0.3 is 20.4 Å². The third-order valence-electron chi connectivity index (χ3n) is 6.67. The van der Waals surface area contributed by atoms with Gasteiger partial charge in [0.1, 0.15) is 6.42 Å². The molecule has 0 bridgehead atoms. The molecular weight excluding hydrogens is 425 g/mol. The zero-order valence-electron chi connectivity index (χ0n) is 19.8. The van der Waals surface area contributed by atoms with Crippen molar-refractivity contribution in [3.63, 3.8) is 0 Å². The third kappa shape index (κ3) is 5.00. The lowest BCUT2D eigenvalue weighted by Crippen LogP contribution is -2.41. The first kappa shape index (κ1) is 25.1. The quantitative estimate of drug-likeness (QED) is 0.708. The van der Waals surface area contributed by atoms with E-state index in [1.54, 1.807) is 18.2 Å². The Morgan fingerprint density at radius 3 is 1.44 bits per heavy atom. The van der Waals surface area contributed by atoms with Gasteiger partial charge in [-0.3, -0.25) is 4.79 Å². The average molecular weight is 455 g/mol. The zero-order chi connectivity index (χ0) is 24.3. The van der Waals surface area contributed by atoms with Gasteiger partial charge in [0.15, 0.2) is 0 Å². The van der Waals surface area contributed by atoms with Crippen molar-refractivity contribution in [2.45, 2.75) is 90.4 Å². The summed E-state index contributed by atoms with van der Waals surface area (Å²) in [5.41, 5.74) is -1.20. The molecule has 11 heteroatoms. The highest BCUT2D eigenvalue weighted by Gasteiger charge is 2.54. The van der Waals surface area contributed by atoms with Crippen LogP contribution in [0.15, 0.2) is 18.2 Å². The van der Waals surface area contributed by atoms with E-state index in [4.69, 9.17) is 18.6 Å². The summed E-state index contributed by atoms with van der Waals surface area (Å²) >= 11 is 0. The highest BCUT2D eigenvalue weighted by atomic mass is 19.4. The van der Waals surface area contributed by atoms with E-state index >= 15 is 0 Å². The van der Waals surface area contributed by atoms with Crippen LogP contribution in [-0.2, 0) is 23.4 Å². The summed E-state index contributed by atoms with van der Waals surface area (Å²) in [6, 6.07) is 4.86. The maximum atomic E-state index is 12.7. The van der Waals surface area contributed by atoms with E-state index in [9.17, 15) is 18.0 Å². The molecule has 0 unspecified atom stereocenters. The number of hydrogen-bond donors (Lipinski definition) is 1. The molecule has 0 aromatic heterocycles. The fourth-order valence-corrected chi connectivity index (χ4v) is 3.37.